The SMILES string of the molecule is CC(C)(C)c1cc(-c2cccc(CN(C(=O)c3ccccc3)c3ccc(S(C)(=O)=O)cc3)c2)c2ncccc2c1. The summed E-state index contributed by atoms with van der Waals surface area (Å²) in [5, 5.41) is 1.09. The van der Waals surface area contributed by atoms with Crippen LogP contribution in [0.2, 0.25) is 0 Å². The third-order valence-electron chi connectivity index (χ3n) is 6.99. The third kappa shape index (κ3) is 5.82. The monoisotopic (exact) mass is 548 g/mol. The van der Waals surface area contributed by atoms with Crippen molar-refractivity contribution >= 4 is 32.3 Å². The minimum Gasteiger partial charge on any atom is -0.304 e. The maximum atomic E-state index is 13.7. The molecule has 202 valence electrons. The first-order chi connectivity index (χ1) is 19.0. The highest BCUT2D eigenvalue weighted by molar-refractivity contribution is 7.90. The van der Waals surface area contributed by atoms with Gasteiger partial charge in [-0.25, -0.2) is 8.42 Å². The van der Waals surface area contributed by atoms with Crippen LogP contribution in [0.4, 0.5) is 5.69 Å². The molecule has 5 aromatic rings. The van der Waals surface area contributed by atoms with Gasteiger partial charge in [0, 0.05) is 34.7 Å². The maximum absolute atomic E-state index is 13.7. The quantitative estimate of drug-likeness (QED) is 0.221. The molecule has 1 aromatic heterocycles. The Labute approximate surface area is 236 Å². The van der Waals surface area contributed by atoms with Crippen LogP contribution < -0.4 is 4.90 Å². The molecule has 0 saturated carbocycles. The van der Waals surface area contributed by atoms with Crippen molar-refractivity contribution in [2.24, 2.45) is 0 Å². The number of hydrogen-bond donors (Lipinski definition) is 0. The molecular weight excluding hydrogens is 516 g/mol. The molecule has 4 aromatic carbocycles. The highest BCUT2D eigenvalue weighted by atomic mass is 32.2. The van der Waals surface area contributed by atoms with E-state index in [9.17, 15) is 13.2 Å². The number of carbonyl (C=O) groups is 1. The molecule has 1 heterocycles. The first-order valence-electron chi connectivity index (χ1n) is 13.2. The van der Waals surface area contributed by atoms with Crippen LogP contribution in [-0.4, -0.2) is 25.6 Å². The summed E-state index contributed by atoms with van der Waals surface area (Å²) in [5.74, 6) is -0.167. The summed E-state index contributed by atoms with van der Waals surface area (Å²) in [4.78, 5) is 20.3. The molecule has 1 amide bonds. The number of amides is 1. The zero-order valence-electron chi connectivity index (χ0n) is 23.1. The molecule has 0 fully saturated rings. The number of anilines is 1. The lowest BCUT2D eigenvalue weighted by Gasteiger charge is -2.24. The molecule has 0 N–H and O–H groups in total. The average molecular weight is 549 g/mol. The van der Waals surface area contributed by atoms with Crippen molar-refractivity contribution in [1.29, 1.82) is 0 Å². The molecule has 0 bridgehead atoms. The van der Waals surface area contributed by atoms with Crippen LogP contribution in [0.25, 0.3) is 22.0 Å². The molecule has 0 spiro atoms. The van der Waals surface area contributed by atoms with Gasteiger partial charge < -0.3 is 4.90 Å². The van der Waals surface area contributed by atoms with Crippen molar-refractivity contribution in [2.45, 2.75) is 37.6 Å². The molecule has 5 nitrogen and oxygen atoms in total. The molecule has 40 heavy (non-hydrogen) atoms. The zero-order chi connectivity index (χ0) is 28.5. The predicted molar refractivity (Wildman–Crippen MR) is 162 cm³/mol. The number of rotatable bonds is 6. The molecule has 0 radical (unpaired) electrons. The zero-order valence-corrected chi connectivity index (χ0v) is 23.9. The topological polar surface area (TPSA) is 67.3 Å². The van der Waals surface area contributed by atoms with Crippen LogP contribution in [0.5, 0.6) is 0 Å². The van der Waals surface area contributed by atoms with E-state index >= 15 is 0 Å². The minimum atomic E-state index is -3.35. The molecule has 0 aliphatic carbocycles. The molecule has 0 unspecified atom stereocenters. The van der Waals surface area contributed by atoms with Gasteiger partial charge in [-0.2, -0.15) is 0 Å². The number of nitrogens with zero attached hydrogens (tertiary/aromatic N) is 2. The van der Waals surface area contributed by atoms with E-state index in [1.54, 1.807) is 41.3 Å². The lowest BCUT2D eigenvalue weighted by molar-refractivity contribution is 0.0985. The summed E-state index contributed by atoms with van der Waals surface area (Å²) in [6.07, 6.45) is 2.99. The standard InChI is InChI=1S/C34H32N2O3S/c1-34(2,3)28-21-27-14-9-19-35-32(27)31(22-28)26-13-8-10-24(20-26)23-36(33(37)25-11-6-5-7-12-25)29-15-17-30(18-16-29)40(4,38)39/h5-22H,23H2,1-4H3. The van der Waals surface area contributed by atoms with Gasteiger partial charge in [0.05, 0.1) is 17.0 Å². The van der Waals surface area contributed by atoms with Gasteiger partial charge in [0.2, 0.25) is 0 Å². The fourth-order valence-electron chi connectivity index (χ4n) is 4.76. The van der Waals surface area contributed by atoms with Crippen molar-refractivity contribution in [3.05, 3.63) is 126 Å². The molecule has 6 heteroatoms. The van der Waals surface area contributed by atoms with Crippen molar-refractivity contribution < 1.29 is 13.2 Å². The number of hydrogen-bond acceptors (Lipinski definition) is 4. The first-order valence-corrected chi connectivity index (χ1v) is 15.1. The van der Waals surface area contributed by atoms with Gasteiger partial charge in [0.15, 0.2) is 9.84 Å². The van der Waals surface area contributed by atoms with Gasteiger partial charge in [-0.15, -0.1) is 0 Å². The van der Waals surface area contributed by atoms with E-state index in [1.165, 1.54) is 11.8 Å². The van der Waals surface area contributed by atoms with Crippen LogP contribution >= 0.6 is 0 Å². The number of sulfone groups is 1. The van der Waals surface area contributed by atoms with Crippen molar-refractivity contribution in [3.63, 3.8) is 0 Å². The summed E-state index contributed by atoms with van der Waals surface area (Å²) in [6, 6.07) is 32.2. The lowest BCUT2D eigenvalue weighted by atomic mass is 9.84. The number of carbonyl (C=O) groups excluding carboxylic acids is 1. The van der Waals surface area contributed by atoms with E-state index in [0.717, 1.165) is 27.6 Å². The van der Waals surface area contributed by atoms with E-state index < -0.39 is 9.84 Å². The van der Waals surface area contributed by atoms with Crippen LogP contribution in [0.3, 0.4) is 0 Å². The Morgan fingerprint density at radius 1 is 0.825 bits per heavy atom. The van der Waals surface area contributed by atoms with Gasteiger partial charge in [-0.3, -0.25) is 9.78 Å². The number of benzene rings is 4. The summed E-state index contributed by atoms with van der Waals surface area (Å²) < 4.78 is 24.1. The van der Waals surface area contributed by atoms with E-state index in [1.807, 2.05) is 42.6 Å². The Morgan fingerprint density at radius 2 is 1.55 bits per heavy atom. The smallest absolute Gasteiger partial charge is 0.258 e. The summed E-state index contributed by atoms with van der Waals surface area (Å²) >= 11 is 0. The highest BCUT2D eigenvalue weighted by Gasteiger charge is 2.21. The normalized spacial score (nSPS) is 11.9. The van der Waals surface area contributed by atoms with E-state index in [0.29, 0.717) is 17.8 Å². The molecular formula is C34H32N2O3S. The van der Waals surface area contributed by atoms with Crippen molar-refractivity contribution in [2.75, 3.05) is 11.2 Å². The van der Waals surface area contributed by atoms with Crippen molar-refractivity contribution in [1.82, 2.24) is 4.98 Å². The highest BCUT2D eigenvalue weighted by Crippen LogP contribution is 2.34. The second kappa shape index (κ2) is 10.7. The van der Waals surface area contributed by atoms with Gasteiger partial charge in [0.1, 0.15) is 0 Å². The molecule has 0 aliphatic heterocycles. The fraction of sp³-hybridized carbons (Fsp3) is 0.176. The van der Waals surface area contributed by atoms with E-state index in [-0.39, 0.29) is 16.2 Å². The van der Waals surface area contributed by atoms with Crippen LogP contribution in [0.15, 0.2) is 114 Å². The minimum absolute atomic E-state index is 0.0343. The van der Waals surface area contributed by atoms with Crippen LogP contribution in [0, 0.1) is 0 Å². The Kier molecular flexibility index (Phi) is 7.30. The third-order valence-corrected chi connectivity index (χ3v) is 8.12. The second-order valence-electron chi connectivity index (χ2n) is 11.1. The van der Waals surface area contributed by atoms with Gasteiger partial charge in [-0.05, 0) is 82.8 Å². The van der Waals surface area contributed by atoms with Crippen LogP contribution in [-0.2, 0) is 21.8 Å². The van der Waals surface area contributed by atoms with Gasteiger partial charge in [0.25, 0.3) is 5.91 Å². The Bertz CT molecular complexity index is 1790. The Balaban J connectivity index is 1.58. The Hall–Kier alpha value is -4.29. The van der Waals surface area contributed by atoms with Gasteiger partial charge >= 0.3 is 0 Å². The second-order valence-corrected chi connectivity index (χ2v) is 13.1. The predicted octanol–water partition coefficient (Wildman–Crippen LogP) is 7.45. The van der Waals surface area contributed by atoms with Gasteiger partial charge in [-0.1, -0.05) is 63.2 Å². The van der Waals surface area contributed by atoms with E-state index in [4.69, 9.17) is 4.98 Å². The summed E-state index contributed by atoms with van der Waals surface area (Å²) in [7, 11) is -3.35. The number of pyridine rings is 1. The first kappa shape index (κ1) is 27.3. The number of fused-ring (bicyclic) bond motifs is 1. The summed E-state index contributed by atoms with van der Waals surface area (Å²) in [6.45, 7) is 6.91. The Morgan fingerprint density at radius 3 is 2.23 bits per heavy atom. The van der Waals surface area contributed by atoms with E-state index in [2.05, 4.69) is 51.1 Å². The molecule has 0 aliphatic rings. The summed E-state index contributed by atoms with van der Waals surface area (Å²) in [5.41, 5.74) is 6.30. The number of aromatic nitrogens is 1. The lowest BCUT2D eigenvalue weighted by Crippen LogP contribution is -2.30. The van der Waals surface area contributed by atoms with Crippen molar-refractivity contribution in [3.8, 4) is 11.1 Å². The largest absolute Gasteiger partial charge is 0.304 e. The molecule has 0 saturated heterocycles. The van der Waals surface area contributed by atoms with Crippen LogP contribution in [0.1, 0.15) is 42.3 Å². The maximum Gasteiger partial charge on any atom is 0.258 e. The molecule has 0 atom stereocenters. The molecule has 5 rings (SSSR count). The average Bonchev–Trinajstić information content (AvgIpc) is 2.95. The fourth-order valence-corrected chi connectivity index (χ4v) is 5.39.